The molecule has 6 heteroatoms. The number of hydrogen-bond donors (Lipinski definition) is 2. The third-order valence-corrected chi connectivity index (χ3v) is 2.95. The van der Waals surface area contributed by atoms with Crippen LogP contribution in [0.15, 0.2) is 59.6 Å². The van der Waals surface area contributed by atoms with E-state index in [2.05, 4.69) is 4.99 Å². The number of phenolic OH excluding ortho intramolecular Hbond substituents is 1. The Bertz CT molecular complexity index is 712. The van der Waals surface area contributed by atoms with Crippen LogP contribution in [0, 0.1) is 0 Å². The number of carbonyl (C=O) groups is 2. The Balaban J connectivity index is 2.03. The summed E-state index contributed by atoms with van der Waals surface area (Å²) in [7, 11) is 0. The molecule has 1 atom stereocenters. The summed E-state index contributed by atoms with van der Waals surface area (Å²) in [6, 6.07) is 13.4. The maximum Gasteiger partial charge on any atom is 0.329 e. The van der Waals surface area contributed by atoms with Gasteiger partial charge in [0, 0.05) is 11.8 Å². The van der Waals surface area contributed by atoms with E-state index in [1.165, 1.54) is 12.3 Å². The SMILES string of the molecule is O=C(CC(N=Cc1ccccc1O)C(=O)O)Oc1ccccc1. The summed E-state index contributed by atoms with van der Waals surface area (Å²) in [6.45, 7) is 0. The third-order valence-electron chi connectivity index (χ3n) is 2.95. The van der Waals surface area contributed by atoms with Crippen molar-refractivity contribution in [2.45, 2.75) is 12.5 Å². The summed E-state index contributed by atoms with van der Waals surface area (Å²) in [4.78, 5) is 26.9. The second kappa shape index (κ2) is 7.74. The summed E-state index contributed by atoms with van der Waals surface area (Å²) < 4.78 is 5.05. The van der Waals surface area contributed by atoms with Gasteiger partial charge in [0.05, 0.1) is 6.42 Å². The number of para-hydroxylation sites is 2. The molecule has 0 saturated carbocycles. The lowest BCUT2D eigenvalue weighted by molar-refractivity contribution is -0.143. The van der Waals surface area contributed by atoms with E-state index >= 15 is 0 Å². The number of ether oxygens (including phenoxy) is 1. The Labute approximate surface area is 132 Å². The maximum atomic E-state index is 11.8. The lowest BCUT2D eigenvalue weighted by Gasteiger charge is -2.08. The first-order valence-electron chi connectivity index (χ1n) is 6.86. The number of rotatable bonds is 6. The van der Waals surface area contributed by atoms with Gasteiger partial charge in [-0.1, -0.05) is 30.3 Å². The van der Waals surface area contributed by atoms with E-state index in [1.807, 2.05) is 0 Å². The Hall–Kier alpha value is -3.15. The molecule has 0 heterocycles. The van der Waals surface area contributed by atoms with Gasteiger partial charge in [-0.2, -0.15) is 0 Å². The van der Waals surface area contributed by atoms with E-state index in [-0.39, 0.29) is 5.75 Å². The third kappa shape index (κ3) is 4.96. The van der Waals surface area contributed by atoms with Gasteiger partial charge < -0.3 is 14.9 Å². The van der Waals surface area contributed by atoms with Crippen LogP contribution in [0.3, 0.4) is 0 Å². The van der Waals surface area contributed by atoms with E-state index in [1.54, 1.807) is 48.5 Å². The predicted octanol–water partition coefficient (Wildman–Crippen LogP) is 2.26. The molecule has 2 rings (SSSR count). The fourth-order valence-corrected chi connectivity index (χ4v) is 1.79. The van der Waals surface area contributed by atoms with Crippen LogP contribution in [0.25, 0.3) is 0 Å². The second-order valence-corrected chi connectivity index (χ2v) is 4.68. The molecule has 0 aliphatic heterocycles. The highest BCUT2D eigenvalue weighted by Crippen LogP contribution is 2.14. The molecule has 2 aromatic rings. The average molecular weight is 313 g/mol. The van der Waals surface area contributed by atoms with Crippen molar-refractivity contribution in [2.24, 2.45) is 4.99 Å². The second-order valence-electron chi connectivity index (χ2n) is 4.68. The molecule has 6 nitrogen and oxygen atoms in total. The smallest absolute Gasteiger partial charge is 0.329 e. The molecular weight excluding hydrogens is 298 g/mol. The van der Waals surface area contributed by atoms with Crippen molar-refractivity contribution in [1.82, 2.24) is 0 Å². The number of aliphatic imine (C=N–C) groups is 1. The Morgan fingerprint density at radius 3 is 2.39 bits per heavy atom. The number of aliphatic carboxylic acids is 1. The van der Waals surface area contributed by atoms with E-state index in [0.717, 1.165) is 0 Å². The number of carboxylic acids is 1. The van der Waals surface area contributed by atoms with Gasteiger partial charge in [0.1, 0.15) is 11.5 Å². The molecule has 0 aliphatic carbocycles. The zero-order chi connectivity index (χ0) is 16.7. The minimum Gasteiger partial charge on any atom is -0.507 e. The largest absolute Gasteiger partial charge is 0.507 e. The van der Waals surface area contributed by atoms with Crippen molar-refractivity contribution in [3.05, 3.63) is 60.2 Å². The van der Waals surface area contributed by atoms with Crippen LogP contribution in [0.4, 0.5) is 0 Å². The van der Waals surface area contributed by atoms with Gasteiger partial charge >= 0.3 is 11.9 Å². The molecule has 23 heavy (non-hydrogen) atoms. The zero-order valence-corrected chi connectivity index (χ0v) is 12.1. The molecule has 1 unspecified atom stereocenters. The predicted molar refractivity (Wildman–Crippen MR) is 83.8 cm³/mol. The monoisotopic (exact) mass is 313 g/mol. The minimum atomic E-state index is -1.29. The molecule has 0 aromatic heterocycles. The molecule has 0 aliphatic rings. The Morgan fingerprint density at radius 1 is 1.09 bits per heavy atom. The van der Waals surface area contributed by atoms with Crippen molar-refractivity contribution in [2.75, 3.05) is 0 Å². The number of aromatic hydroxyl groups is 1. The van der Waals surface area contributed by atoms with E-state index in [4.69, 9.17) is 9.84 Å². The summed E-state index contributed by atoms with van der Waals surface area (Å²) >= 11 is 0. The summed E-state index contributed by atoms with van der Waals surface area (Å²) in [5.41, 5.74) is 0.371. The lowest BCUT2D eigenvalue weighted by Crippen LogP contribution is -2.24. The first-order valence-corrected chi connectivity index (χ1v) is 6.86. The normalized spacial score (nSPS) is 12.0. The van der Waals surface area contributed by atoms with E-state index < -0.39 is 24.4 Å². The van der Waals surface area contributed by atoms with Crippen LogP contribution in [0.5, 0.6) is 11.5 Å². The van der Waals surface area contributed by atoms with Crippen molar-refractivity contribution in [1.29, 1.82) is 0 Å². The lowest BCUT2D eigenvalue weighted by atomic mass is 10.2. The number of hydrogen-bond acceptors (Lipinski definition) is 5. The maximum absolute atomic E-state index is 11.8. The number of nitrogens with zero attached hydrogens (tertiary/aromatic N) is 1. The molecule has 0 bridgehead atoms. The number of phenols is 1. The van der Waals surface area contributed by atoms with Gasteiger partial charge in [-0.25, -0.2) is 4.79 Å². The molecule has 0 fully saturated rings. The van der Waals surface area contributed by atoms with Crippen molar-refractivity contribution < 1.29 is 24.5 Å². The number of carboxylic acid groups (broad SMARTS) is 1. The van der Waals surface area contributed by atoms with Gasteiger partial charge in [0.25, 0.3) is 0 Å². The first-order chi connectivity index (χ1) is 11.1. The van der Waals surface area contributed by atoms with Crippen molar-refractivity contribution in [3.8, 4) is 11.5 Å². The number of carbonyl (C=O) groups excluding carboxylic acids is 1. The van der Waals surface area contributed by atoms with Crippen LogP contribution in [0.1, 0.15) is 12.0 Å². The molecule has 0 saturated heterocycles. The van der Waals surface area contributed by atoms with Gasteiger partial charge in [-0.05, 0) is 24.3 Å². The molecule has 0 spiro atoms. The highest BCUT2D eigenvalue weighted by atomic mass is 16.5. The van der Waals surface area contributed by atoms with Gasteiger partial charge in [0.15, 0.2) is 6.04 Å². The van der Waals surface area contributed by atoms with E-state index in [9.17, 15) is 14.7 Å². The quantitative estimate of drug-likeness (QED) is 0.484. The zero-order valence-electron chi connectivity index (χ0n) is 12.1. The molecule has 2 aromatic carbocycles. The molecule has 2 N–H and O–H groups in total. The topological polar surface area (TPSA) is 96.2 Å². The Morgan fingerprint density at radius 2 is 1.74 bits per heavy atom. The molecule has 0 amide bonds. The molecular formula is C17H15NO5. The molecule has 118 valence electrons. The van der Waals surface area contributed by atoms with Gasteiger partial charge in [-0.15, -0.1) is 0 Å². The van der Waals surface area contributed by atoms with Crippen molar-refractivity contribution >= 4 is 18.2 Å². The van der Waals surface area contributed by atoms with E-state index in [0.29, 0.717) is 11.3 Å². The summed E-state index contributed by atoms with van der Waals surface area (Å²) in [6.07, 6.45) is 0.818. The van der Waals surface area contributed by atoms with Gasteiger partial charge in [0.2, 0.25) is 0 Å². The van der Waals surface area contributed by atoms with Crippen LogP contribution in [0.2, 0.25) is 0 Å². The average Bonchev–Trinajstić information content (AvgIpc) is 2.53. The summed E-state index contributed by atoms with van der Waals surface area (Å²) in [5.74, 6) is -1.63. The minimum absolute atomic E-state index is 0.0211. The van der Waals surface area contributed by atoms with Crippen LogP contribution in [-0.4, -0.2) is 34.4 Å². The fourth-order valence-electron chi connectivity index (χ4n) is 1.79. The summed E-state index contributed by atoms with van der Waals surface area (Å²) in [5, 5.41) is 18.8. The number of esters is 1. The van der Waals surface area contributed by atoms with Crippen molar-refractivity contribution in [3.63, 3.8) is 0 Å². The Kier molecular flexibility index (Phi) is 5.46. The highest BCUT2D eigenvalue weighted by molar-refractivity contribution is 5.88. The first kappa shape index (κ1) is 16.2. The van der Waals surface area contributed by atoms with Gasteiger partial charge in [-0.3, -0.25) is 9.79 Å². The van der Waals surface area contributed by atoms with Crippen LogP contribution >= 0.6 is 0 Å². The molecule has 0 radical (unpaired) electrons. The standard InChI is InChI=1S/C17H15NO5/c19-15-9-5-4-6-12(15)11-18-14(17(21)22)10-16(20)23-13-7-2-1-3-8-13/h1-9,11,14,19H,10H2,(H,21,22). The highest BCUT2D eigenvalue weighted by Gasteiger charge is 2.21. The van der Waals surface area contributed by atoms with Crippen LogP contribution in [-0.2, 0) is 9.59 Å². The fraction of sp³-hybridized carbons (Fsp3) is 0.118. The van der Waals surface area contributed by atoms with Crippen LogP contribution < -0.4 is 4.74 Å². The number of benzene rings is 2.